The normalized spacial score (nSPS) is 20.9. The number of nitrogens with one attached hydrogen (secondary N) is 2. The van der Waals surface area contributed by atoms with Gasteiger partial charge in [-0.15, -0.1) is 0 Å². The molecule has 0 radical (unpaired) electrons. The maximum Gasteiger partial charge on any atom is 0.247 e. The van der Waals surface area contributed by atoms with Gasteiger partial charge in [-0.3, -0.25) is 14.4 Å². The minimum absolute atomic E-state index is 0.0608. The number of benzene rings is 2. The minimum atomic E-state index is -3.15. The molecule has 0 spiro atoms. The molecule has 9 nitrogen and oxygen atoms in total. The van der Waals surface area contributed by atoms with Crippen LogP contribution in [0.4, 0.5) is 17.1 Å². The SMILES string of the molecule is Cc1ccc(NC(=O)C[C@H]2C(=O)Nc3ccccc3N2CC(=O)N(C)[C@@H]2CCS(=O)(=O)C2)cc1. The number of amides is 3. The first-order chi connectivity index (χ1) is 16.1. The molecule has 4 rings (SSSR count). The molecule has 1 fully saturated rings. The number of carbonyl (C=O) groups is 3. The summed E-state index contributed by atoms with van der Waals surface area (Å²) in [6.45, 7) is 1.79. The molecule has 180 valence electrons. The molecular formula is C24H28N4O5S. The van der Waals surface area contributed by atoms with Gasteiger partial charge in [0.2, 0.25) is 17.7 Å². The smallest absolute Gasteiger partial charge is 0.247 e. The van der Waals surface area contributed by atoms with E-state index in [4.69, 9.17) is 0 Å². The highest BCUT2D eigenvalue weighted by atomic mass is 32.2. The first kappa shape index (κ1) is 23.7. The van der Waals surface area contributed by atoms with Crippen molar-refractivity contribution >= 4 is 44.6 Å². The Balaban J connectivity index is 1.53. The Morgan fingerprint density at radius 3 is 2.53 bits per heavy atom. The highest BCUT2D eigenvalue weighted by molar-refractivity contribution is 7.91. The van der Waals surface area contributed by atoms with Crippen molar-refractivity contribution in [3.63, 3.8) is 0 Å². The summed E-state index contributed by atoms with van der Waals surface area (Å²) in [4.78, 5) is 42.0. The third-order valence-electron chi connectivity index (χ3n) is 6.32. The standard InChI is InChI=1S/C24H28N4O5S/c1-16-7-9-17(10-8-16)25-22(29)13-21-24(31)26-19-5-3-4-6-20(19)28(21)14-23(30)27(2)18-11-12-34(32,33)15-18/h3-10,18,21H,11-15H2,1-2H3,(H,25,29)(H,26,31)/t18-,21+/m1/s1. The molecule has 3 amide bonds. The van der Waals surface area contributed by atoms with Crippen LogP contribution in [0.25, 0.3) is 0 Å². The van der Waals surface area contributed by atoms with Crippen LogP contribution in [0, 0.1) is 6.92 Å². The van der Waals surface area contributed by atoms with E-state index in [0.717, 1.165) is 5.56 Å². The Morgan fingerprint density at radius 1 is 1.15 bits per heavy atom. The largest absolute Gasteiger partial charge is 0.348 e. The summed E-state index contributed by atoms with van der Waals surface area (Å²) in [5.41, 5.74) is 2.87. The quantitative estimate of drug-likeness (QED) is 0.646. The highest BCUT2D eigenvalue weighted by Crippen LogP contribution is 2.33. The Bertz CT molecular complexity index is 1210. The Morgan fingerprint density at radius 2 is 1.85 bits per heavy atom. The lowest BCUT2D eigenvalue weighted by Gasteiger charge is -2.38. The van der Waals surface area contributed by atoms with Gasteiger partial charge in [-0.25, -0.2) is 8.42 Å². The predicted octanol–water partition coefficient (Wildman–Crippen LogP) is 1.80. The fraction of sp³-hybridized carbons (Fsp3) is 0.375. The monoisotopic (exact) mass is 484 g/mol. The van der Waals surface area contributed by atoms with E-state index in [1.54, 1.807) is 48.3 Å². The van der Waals surface area contributed by atoms with Gasteiger partial charge in [0.15, 0.2) is 9.84 Å². The van der Waals surface area contributed by atoms with Crippen molar-refractivity contribution in [2.24, 2.45) is 0 Å². The zero-order chi connectivity index (χ0) is 24.5. The van der Waals surface area contributed by atoms with Gasteiger partial charge in [0, 0.05) is 18.8 Å². The highest BCUT2D eigenvalue weighted by Gasteiger charge is 2.38. The molecule has 0 bridgehead atoms. The Labute approximate surface area is 199 Å². The summed E-state index contributed by atoms with van der Waals surface area (Å²) in [5, 5.41) is 5.62. The van der Waals surface area contributed by atoms with E-state index in [9.17, 15) is 22.8 Å². The molecule has 2 heterocycles. The molecule has 0 unspecified atom stereocenters. The van der Waals surface area contributed by atoms with Gasteiger partial charge in [0.1, 0.15) is 6.04 Å². The number of anilines is 3. The fourth-order valence-electron chi connectivity index (χ4n) is 4.32. The molecule has 2 aromatic carbocycles. The summed E-state index contributed by atoms with van der Waals surface area (Å²) >= 11 is 0. The molecule has 2 aromatic rings. The summed E-state index contributed by atoms with van der Waals surface area (Å²) in [6.07, 6.45) is 0.243. The third kappa shape index (κ3) is 5.22. The van der Waals surface area contributed by atoms with E-state index in [1.807, 2.05) is 19.1 Å². The maximum absolute atomic E-state index is 13.1. The van der Waals surface area contributed by atoms with Crippen LogP contribution < -0.4 is 15.5 Å². The van der Waals surface area contributed by atoms with Gasteiger partial charge in [-0.05, 0) is 37.6 Å². The number of para-hydroxylation sites is 2. The second-order valence-corrected chi connectivity index (χ2v) is 11.1. The van der Waals surface area contributed by atoms with Crippen LogP contribution in [0.5, 0.6) is 0 Å². The number of fused-ring (bicyclic) bond motifs is 1. The van der Waals surface area contributed by atoms with Crippen LogP contribution in [0.1, 0.15) is 18.4 Å². The number of aryl methyl sites for hydroxylation is 1. The van der Waals surface area contributed by atoms with E-state index >= 15 is 0 Å². The molecule has 1 saturated heterocycles. The lowest BCUT2D eigenvalue weighted by molar-refractivity contribution is -0.130. The van der Waals surface area contributed by atoms with Crippen molar-refractivity contribution in [1.29, 1.82) is 0 Å². The Hall–Kier alpha value is -3.40. The van der Waals surface area contributed by atoms with Gasteiger partial charge in [-0.2, -0.15) is 0 Å². The summed E-state index contributed by atoms with van der Waals surface area (Å²) in [6, 6.07) is 13.1. The number of rotatable bonds is 6. The van der Waals surface area contributed by atoms with Gasteiger partial charge >= 0.3 is 0 Å². The zero-order valence-corrected chi connectivity index (χ0v) is 20.0. The molecule has 10 heteroatoms. The number of sulfone groups is 1. The van der Waals surface area contributed by atoms with Crippen molar-refractivity contribution in [2.75, 3.05) is 40.6 Å². The van der Waals surface area contributed by atoms with Crippen molar-refractivity contribution in [3.8, 4) is 0 Å². The second kappa shape index (κ2) is 9.46. The topological polar surface area (TPSA) is 116 Å². The molecule has 2 atom stereocenters. The Kier molecular flexibility index (Phi) is 6.60. The van der Waals surface area contributed by atoms with E-state index in [1.165, 1.54) is 4.90 Å². The first-order valence-corrected chi connectivity index (χ1v) is 12.9. The lowest BCUT2D eigenvalue weighted by Crippen LogP contribution is -2.54. The first-order valence-electron chi connectivity index (χ1n) is 11.1. The summed E-state index contributed by atoms with van der Waals surface area (Å²) in [7, 11) is -1.56. The van der Waals surface area contributed by atoms with Gasteiger partial charge in [0.05, 0.1) is 35.8 Å². The van der Waals surface area contributed by atoms with E-state index in [2.05, 4.69) is 10.6 Å². The second-order valence-electron chi connectivity index (χ2n) is 8.83. The number of nitrogens with zero attached hydrogens (tertiary/aromatic N) is 2. The van der Waals surface area contributed by atoms with Crippen LogP contribution >= 0.6 is 0 Å². The van der Waals surface area contributed by atoms with Crippen LogP contribution in [0.2, 0.25) is 0 Å². The maximum atomic E-state index is 13.1. The van der Waals surface area contributed by atoms with E-state index < -0.39 is 21.9 Å². The van der Waals surface area contributed by atoms with Gasteiger partial charge < -0.3 is 20.4 Å². The average Bonchev–Trinajstić information content (AvgIpc) is 3.16. The van der Waals surface area contributed by atoms with Crippen molar-refractivity contribution in [1.82, 2.24) is 4.90 Å². The van der Waals surface area contributed by atoms with Crippen LogP contribution in [-0.2, 0) is 24.2 Å². The summed E-state index contributed by atoms with van der Waals surface area (Å²) < 4.78 is 23.7. The lowest BCUT2D eigenvalue weighted by atomic mass is 10.0. The van der Waals surface area contributed by atoms with Crippen LogP contribution in [0.3, 0.4) is 0 Å². The molecule has 2 N–H and O–H groups in total. The molecule has 0 aromatic heterocycles. The van der Waals surface area contributed by atoms with Crippen LogP contribution in [0.15, 0.2) is 48.5 Å². The fourth-order valence-corrected chi connectivity index (χ4v) is 6.09. The minimum Gasteiger partial charge on any atom is -0.348 e. The predicted molar refractivity (Wildman–Crippen MR) is 130 cm³/mol. The van der Waals surface area contributed by atoms with E-state index in [-0.39, 0.29) is 42.2 Å². The molecule has 0 aliphatic carbocycles. The van der Waals surface area contributed by atoms with Crippen molar-refractivity contribution in [2.45, 2.75) is 31.8 Å². The van der Waals surface area contributed by atoms with Gasteiger partial charge in [0.25, 0.3) is 0 Å². The molecule has 0 saturated carbocycles. The summed E-state index contributed by atoms with van der Waals surface area (Å²) in [5.74, 6) is -1.04. The third-order valence-corrected chi connectivity index (χ3v) is 8.07. The molecule has 2 aliphatic heterocycles. The molecule has 2 aliphatic rings. The number of hydrogen-bond donors (Lipinski definition) is 2. The van der Waals surface area contributed by atoms with Crippen molar-refractivity contribution < 1.29 is 22.8 Å². The van der Waals surface area contributed by atoms with E-state index in [0.29, 0.717) is 23.5 Å². The average molecular weight is 485 g/mol. The van der Waals surface area contributed by atoms with Gasteiger partial charge in [-0.1, -0.05) is 29.8 Å². The number of carbonyl (C=O) groups excluding carboxylic acids is 3. The number of hydrogen-bond acceptors (Lipinski definition) is 6. The van der Waals surface area contributed by atoms with Crippen molar-refractivity contribution in [3.05, 3.63) is 54.1 Å². The molecular weight excluding hydrogens is 456 g/mol. The molecule has 34 heavy (non-hydrogen) atoms. The number of likely N-dealkylation sites (N-methyl/N-ethyl adjacent to an activating group) is 1. The zero-order valence-electron chi connectivity index (χ0n) is 19.2. The van der Waals surface area contributed by atoms with Crippen LogP contribution in [-0.4, -0.2) is 68.2 Å².